The van der Waals surface area contributed by atoms with E-state index in [1.165, 1.54) is 11.3 Å². The van der Waals surface area contributed by atoms with Gasteiger partial charge in [0.05, 0.1) is 11.9 Å². The van der Waals surface area contributed by atoms with E-state index in [9.17, 15) is 4.79 Å². The molecule has 3 aromatic rings. The van der Waals surface area contributed by atoms with Crippen molar-refractivity contribution in [1.29, 1.82) is 0 Å². The molecule has 3 heterocycles. The predicted molar refractivity (Wildman–Crippen MR) is 89.1 cm³/mol. The first-order chi connectivity index (χ1) is 11.1. The Bertz CT molecular complexity index is 825. The summed E-state index contributed by atoms with van der Waals surface area (Å²) in [5.74, 6) is 0. The van der Waals surface area contributed by atoms with Crippen LogP contribution >= 0.6 is 11.3 Å². The number of carbonyl (C=O) groups is 1. The average Bonchev–Trinajstić information content (AvgIpc) is 3.14. The summed E-state index contributed by atoms with van der Waals surface area (Å²) in [6.45, 7) is 2.31. The Labute approximate surface area is 137 Å². The minimum Gasteiger partial charge on any atom is -0.334 e. The predicted octanol–water partition coefficient (Wildman–Crippen LogP) is 2.57. The van der Waals surface area contributed by atoms with E-state index in [-0.39, 0.29) is 6.03 Å². The van der Waals surface area contributed by atoms with Gasteiger partial charge in [-0.1, -0.05) is 6.07 Å². The highest BCUT2D eigenvalue weighted by atomic mass is 32.1. The summed E-state index contributed by atoms with van der Waals surface area (Å²) in [6, 6.07) is 3.49. The third-order valence-corrected chi connectivity index (χ3v) is 3.98. The Kier molecular flexibility index (Phi) is 4.33. The molecule has 0 aliphatic carbocycles. The van der Waals surface area contributed by atoms with E-state index in [0.717, 1.165) is 21.7 Å². The molecule has 118 valence electrons. The second-order valence-corrected chi connectivity index (χ2v) is 6.23. The van der Waals surface area contributed by atoms with Gasteiger partial charge in [0.15, 0.2) is 5.13 Å². The number of nitrogens with one attached hydrogen (secondary N) is 2. The molecule has 0 spiro atoms. The first kappa shape index (κ1) is 15.2. The monoisotopic (exact) mass is 328 g/mol. The van der Waals surface area contributed by atoms with Crippen LogP contribution in [-0.4, -0.2) is 25.8 Å². The van der Waals surface area contributed by atoms with E-state index in [2.05, 4.69) is 25.7 Å². The maximum Gasteiger partial charge on any atom is 0.321 e. The van der Waals surface area contributed by atoms with Crippen molar-refractivity contribution in [3.8, 4) is 11.3 Å². The lowest BCUT2D eigenvalue weighted by Gasteiger charge is -2.08. The zero-order valence-electron chi connectivity index (χ0n) is 12.8. The molecule has 0 aromatic carbocycles. The van der Waals surface area contributed by atoms with Crippen LogP contribution in [0.4, 0.5) is 9.93 Å². The standard InChI is InChI=1S/C15H16N6OS/c1-10-6-18-15(23-10)20-14(22)17-7-11-4-3-5-16-13(11)12-8-19-21(2)9-12/h3-6,8-9H,7H2,1-2H3,(H2,17,18,20,22). The number of rotatable bonds is 4. The van der Waals surface area contributed by atoms with Crippen molar-refractivity contribution in [2.45, 2.75) is 13.5 Å². The van der Waals surface area contributed by atoms with Gasteiger partial charge in [0.1, 0.15) is 0 Å². The molecule has 0 saturated carbocycles. The maximum atomic E-state index is 12.0. The molecule has 7 nitrogen and oxygen atoms in total. The second-order valence-electron chi connectivity index (χ2n) is 5.00. The molecule has 0 aliphatic rings. The molecular weight excluding hydrogens is 312 g/mol. The third kappa shape index (κ3) is 3.72. The number of amides is 2. The van der Waals surface area contributed by atoms with Crippen LogP contribution in [0.2, 0.25) is 0 Å². The molecule has 3 aromatic heterocycles. The summed E-state index contributed by atoms with van der Waals surface area (Å²) < 4.78 is 1.72. The topological polar surface area (TPSA) is 84.7 Å². The van der Waals surface area contributed by atoms with Gasteiger partial charge in [-0.2, -0.15) is 5.10 Å². The molecule has 0 fully saturated rings. The van der Waals surface area contributed by atoms with Gasteiger partial charge in [0.2, 0.25) is 0 Å². The van der Waals surface area contributed by atoms with Crippen LogP contribution in [0.1, 0.15) is 10.4 Å². The van der Waals surface area contributed by atoms with Crippen LogP contribution in [-0.2, 0) is 13.6 Å². The van der Waals surface area contributed by atoms with Gasteiger partial charge in [0, 0.05) is 42.6 Å². The lowest BCUT2D eigenvalue weighted by molar-refractivity contribution is 0.251. The lowest BCUT2D eigenvalue weighted by atomic mass is 10.1. The molecule has 23 heavy (non-hydrogen) atoms. The first-order valence-corrected chi connectivity index (χ1v) is 7.83. The SMILES string of the molecule is Cc1cnc(NC(=O)NCc2cccnc2-c2cnn(C)c2)s1. The fourth-order valence-electron chi connectivity index (χ4n) is 2.11. The highest BCUT2D eigenvalue weighted by molar-refractivity contribution is 7.15. The lowest BCUT2D eigenvalue weighted by Crippen LogP contribution is -2.28. The number of hydrogen-bond acceptors (Lipinski definition) is 5. The van der Waals surface area contributed by atoms with Crippen LogP contribution in [0.5, 0.6) is 0 Å². The summed E-state index contributed by atoms with van der Waals surface area (Å²) in [5.41, 5.74) is 2.65. The van der Waals surface area contributed by atoms with Crippen LogP contribution in [0.25, 0.3) is 11.3 Å². The van der Waals surface area contributed by atoms with Gasteiger partial charge in [-0.15, -0.1) is 11.3 Å². The van der Waals surface area contributed by atoms with Crippen molar-refractivity contribution in [3.63, 3.8) is 0 Å². The smallest absolute Gasteiger partial charge is 0.321 e. The molecule has 8 heteroatoms. The minimum absolute atomic E-state index is 0.291. The van der Waals surface area contributed by atoms with E-state index in [0.29, 0.717) is 11.7 Å². The molecule has 0 radical (unpaired) electrons. The summed E-state index contributed by atoms with van der Waals surface area (Å²) in [5, 5.41) is 10.3. The Hall–Kier alpha value is -2.74. The van der Waals surface area contributed by atoms with Crippen molar-refractivity contribution in [2.24, 2.45) is 7.05 Å². The van der Waals surface area contributed by atoms with Crippen LogP contribution in [0, 0.1) is 6.92 Å². The molecule has 2 N–H and O–H groups in total. The Morgan fingerprint density at radius 1 is 1.35 bits per heavy atom. The molecule has 2 amide bonds. The number of pyridine rings is 1. The van der Waals surface area contributed by atoms with Gasteiger partial charge in [-0.05, 0) is 18.6 Å². The van der Waals surface area contributed by atoms with E-state index < -0.39 is 0 Å². The number of anilines is 1. The average molecular weight is 328 g/mol. The number of nitrogens with zero attached hydrogens (tertiary/aromatic N) is 4. The Morgan fingerprint density at radius 2 is 2.22 bits per heavy atom. The first-order valence-electron chi connectivity index (χ1n) is 7.02. The summed E-state index contributed by atoms with van der Waals surface area (Å²) in [6.07, 6.45) is 7.10. The molecule has 0 unspecified atom stereocenters. The van der Waals surface area contributed by atoms with Crippen LogP contribution in [0.3, 0.4) is 0 Å². The third-order valence-electron chi connectivity index (χ3n) is 3.15. The van der Waals surface area contributed by atoms with Crippen molar-refractivity contribution in [3.05, 3.63) is 47.4 Å². The van der Waals surface area contributed by atoms with Gasteiger partial charge in [-0.3, -0.25) is 15.0 Å². The number of urea groups is 1. The quantitative estimate of drug-likeness (QED) is 0.771. The largest absolute Gasteiger partial charge is 0.334 e. The zero-order valence-corrected chi connectivity index (χ0v) is 13.6. The second kappa shape index (κ2) is 6.57. The fourth-order valence-corrected chi connectivity index (χ4v) is 2.77. The highest BCUT2D eigenvalue weighted by Gasteiger charge is 2.10. The van der Waals surface area contributed by atoms with Gasteiger partial charge < -0.3 is 5.32 Å². The molecule has 0 saturated heterocycles. The summed E-state index contributed by atoms with van der Waals surface area (Å²) in [7, 11) is 1.85. The van der Waals surface area contributed by atoms with Crippen molar-refractivity contribution in [2.75, 3.05) is 5.32 Å². The van der Waals surface area contributed by atoms with E-state index >= 15 is 0 Å². The van der Waals surface area contributed by atoms with E-state index in [4.69, 9.17) is 0 Å². The zero-order chi connectivity index (χ0) is 16.2. The van der Waals surface area contributed by atoms with Crippen LogP contribution in [0.15, 0.2) is 36.9 Å². The maximum absolute atomic E-state index is 12.0. The minimum atomic E-state index is -0.291. The number of aryl methyl sites for hydroxylation is 2. The molecule has 0 atom stereocenters. The summed E-state index contributed by atoms with van der Waals surface area (Å²) in [4.78, 5) is 21.5. The van der Waals surface area contributed by atoms with Crippen LogP contribution < -0.4 is 10.6 Å². The van der Waals surface area contributed by atoms with E-state index in [1.54, 1.807) is 23.3 Å². The molecule has 0 bridgehead atoms. The number of thiazole rings is 1. The van der Waals surface area contributed by atoms with Gasteiger partial charge >= 0.3 is 6.03 Å². The van der Waals surface area contributed by atoms with Crippen molar-refractivity contribution < 1.29 is 4.79 Å². The molecule has 3 rings (SSSR count). The Balaban J connectivity index is 1.67. The Morgan fingerprint density at radius 3 is 2.91 bits per heavy atom. The highest BCUT2D eigenvalue weighted by Crippen LogP contribution is 2.20. The van der Waals surface area contributed by atoms with E-state index in [1.807, 2.05) is 32.3 Å². The van der Waals surface area contributed by atoms with Crippen molar-refractivity contribution in [1.82, 2.24) is 25.1 Å². The fraction of sp³-hybridized carbons (Fsp3) is 0.200. The van der Waals surface area contributed by atoms with Crippen molar-refractivity contribution >= 4 is 22.5 Å². The summed E-state index contributed by atoms with van der Waals surface area (Å²) >= 11 is 1.43. The molecule has 0 aliphatic heterocycles. The molecular formula is C15H16N6OS. The van der Waals surface area contributed by atoms with Gasteiger partial charge in [0.25, 0.3) is 0 Å². The van der Waals surface area contributed by atoms with Gasteiger partial charge in [-0.25, -0.2) is 9.78 Å². The number of aromatic nitrogens is 4. The normalized spacial score (nSPS) is 10.5. The number of hydrogen-bond donors (Lipinski definition) is 2. The number of carbonyl (C=O) groups excluding carboxylic acids is 1.